The van der Waals surface area contributed by atoms with Crippen LogP contribution in [0.4, 0.5) is 13.2 Å². The van der Waals surface area contributed by atoms with Crippen LogP contribution in [-0.2, 0) is 4.79 Å². The molecule has 1 nitrogen and oxygen atoms in total. The van der Waals surface area contributed by atoms with Crippen LogP contribution >= 0.6 is 0 Å². The zero-order chi connectivity index (χ0) is 9.64. The van der Waals surface area contributed by atoms with E-state index in [2.05, 4.69) is 0 Å². The van der Waals surface area contributed by atoms with Gasteiger partial charge in [0.2, 0.25) is 0 Å². The van der Waals surface area contributed by atoms with E-state index >= 15 is 0 Å². The monoisotopic (exact) mass is 190 g/mol. The zero-order valence-corrected chi connectivity index (χ0v) is 6.95. The van der Waals surface area contributed by atoms with Crippen LogP contribution in [0.5, 0.6) is 0 Å². The van der Waals surface area contributed by atoms with Crippen molar-refractivity contribution >= 4 is 5.78 Å². The van der Waals surface area contributed by atoms with Gasteiger partial charge in [0.15, 0.2) is 5.78 Å². The second kappa shape index (κ2) is 2.59. The molecule has 0 saturated carbocycles. The van der Waals surface area contributed by atoms with E-state index in [0.717, 1.165) is 12.0 Å². The summed E-state index contributed by atoms with van der Waals surface area (Å²) in [6.07, 6.45) is -2.32. The van der Waals surface area contributed by atoms with Crippen molar-refractivity contribution in [3.8, 4) is 0 Å². The Morgan fingerprint density at radius 3 is 2.46 bits per heavy atom. The minimum atomic E-state index is -4.35. The zero-order valence-electron chi connectivity index (χ0n) is 6.95. The molecule has 0 amide bonds. The van der Waals surface area contributed by atoms with Gasteiger partial charge in [-0.15, -0.1) is 0 Å². The summed E-state index contributed by atoms with van der Waals surface area (Å²) in [5, 5.41) is 0. The van der Waals surface area contributed by atoms with Crippen molar-refractivity contribution in [1.29, 1.82) is 0 Å². The Kier molecular flexibility index (Phi) is 1.75. The first-order valence-corrected chi connectivity index (χ1v) is 4.32. The van der Waals surface area contributed by atoms with Crippen LogP contribution in [0.2, 0.25) is 0 Å². The average Bonchev–Trinajstić information content (AvgIpc) is 2.51. The van der Waals surface area contributed by atoms with E-state index in [0.29, 0.717) is 18.4 Å². The lowest BCUT2D eigenvalue weighted by Gasteiger charge is -2.14. The van der Waals surface area contributed by atoms with E-state index in [1.54, 1.807) is 0 Å². The van der Waals surface area contributed by atoms with Crippen molar-refractivity contribution in [1.82, 2.24) is 0 Å². The first-order chi connectivity index (χ1) is 6.00. The Labute approximate surface area is 73.6 Å². The van der Waals surface area contributed by atoms with Crippen LogP contribution in [0.3, 0.4) is 0 Å². The molecule has 0 bridgehead atoms. The van der Waals surface area contributed by atoms with Gasteiger partial charge in [0, 0.05) is 0 Å². The predicted molar refractivity (Wildman–Crippen MR) is 40.0 cm³/mol. The van der Waals surface area contributed by atoms with E-state index in [4.69, 9.17) is 0 Å². The van der Waals surface area contributed by atoms with Gasteiger partial charge in [-0.25, -0.2) is 0 Å². The van der Waals surface area contributed by atoms with Gasteiger partial charge in [-0.3, -0.25) is 4.79 Å². The lowest BCUT2D eigenvalue weighted by atomic mass is 9.99. The van der Waals surface area contributed by atoms with E-state index < -0.39 is 17.9 Å². The third kappa shape index (κ3) is 1.28. The predicted octanol–water partition coefficient (Wildman–Crippen LogP) is 2.62. The lowest BCUT2D eigenvalue weighted by molar-refractivity contribution is -0.177. The number of Topliss-reactive ketones (excluding diaryl/α,β-unsaturated/α-hetero) is 1. The largest absolute Gasteiger partial charge is 0.399 e. The average molecular weight is 190 g/mol. The molecular formula is C9H9F3O. The number of ketones is 1. The van der Waals surface area contributed by atoms with E-state index in [1.807, 2.05) is 0 Å². The van der Waals surface area contributed by atoms with Crippen LogP contribution in [0.25, 0.3) is 0 Å². The molecule has 0 heterocycles. The number of hydrogen-bond donors (Lipinski definition) is 0. The van der Waals surface area contributed by atoms with Gasteiger partial charge >= 0.3 is 6.18 Å². The number of carbonyl (C=O) groups is 1. The van der Waals surface area contributed by atoms with Crippen molar-refractivity contribution in [2.45, 2.75) is 31.9 Å². The molecular weight excluding hydrogens is 181 g/mol. The van der Waals surface area contributed by atoms with Crippen LogP contribution < -0.4 is 0 Å². The Bertz CT molecular complexity index is 288. The maximum atomic E-state index is 12.3. The summed E-state index contributed by atoms with van der Waals surface area (Å²) in [5.41, 5.74) is 1.23. The summed E-state index contributed by atoms with van der Waals surface area (Å²) in [6.45, 7) is 0. The molecule has 0 N–H and O–H groups in total. The summed E-state index contributed by atoms with van der Waals surface area (Å²) >= 11 is 0. The van der Waals surface area contributed by atoms with Crippen LogP contribution in [0.15, 0.2) is 11.1 Å². The summed E-state index contributed by atoms with van der Waals surface area (Å²) < 4.78 is 36.8. The van der Waals surface area contributed by atoms with Crippen molar-refractivity contribution in [2.75, 3.05) is 0 Å². The smallest absolute Gasteiger partial charge is 0.294 e. The molecule has 2 rings (SSSR count). The quantitative estimate of drug-likeness (QED) is 0.573. The van der Waals surface area contributed by atoms with E-state index in [9.17, 15) is 18.0 Å². The van der Waals surface area contributed by atoms with Crippen LogP contribution in [-0.4, -0.2) is 12.0 Å². The number of allylic oxidation sites excluding steroid dienone is 2. The first kappa shape index (κ1) is 8.78. The number of alkyl halides is 3. The molecule has 0 aromatic carbocycles. The van der Waals surface area contributed by atoms with Gasteiger partial charge in [-0.2, -0.15) is 13.2 Å². The minimum absolute atomic E-state index is 0.0718. The van der Waals surface area contributed by atoms with E-state index in [1.165, 1.54) is 0 Å². The third-order valence-electron chi connectivity index (χ3n) is 2.79. The summed E-state index contributed by atoms with van der Waals surface area (Å²) in [7, 11) is 0. The standard InChI is InChI=1S/C9H9F3O/c10-9(11,12)7-4-5-2-1-3-6(5)8(7)13/h7H,1-4H2. The molecule has 0 aromatic heterocycles. The Morgan fingerprint density at radius 1 is 1.23 bits per heavy atom. The van der Waals surface area contributed by atoms with Crippen molar-refractivity contribution in [3.05, 3.63) is 11.1 Å². The van der Waals surface area contributed by atoms with Gasteiger partial charge in [-0.05, 0) is 31.3 Å². The minimum Gasteiger partial charge on any atom is -0.294 e. The highest BCUT2D eigenvalue weighted by atomic mass is 19.4. The molecule has 4 heteroatoms. The van der Waals surface area contributed by atoms with Gasteiger partial charge in [0.1, 0.15) is 5.92 Å². The summed E-state index contributed by atoms with van der Waals surface area (Å²) in [6, 6.07) is 0. The fourth-order valence-electron chi connectivity index (χ4n) is 2.14. The lowest BCUT2D eigenvalue weighted by Crippen LogP contribution is -2.28. The fourth-order valence-corrected chi connectivity index (χ4v) is 2.14. The van der Waals surface area contributed by atoms with Crippen molar-refractivity contribution < 1.29 is 18.0 Å². The Morgan fingerprint density at radius 2 is 1.92 bits per heavy atom. The molecule has 1 unspecified atom stereocenters. The fraction of sp³-hybridized carbons (Fsp3) is 0.667. The Balaban J connectivity index is 2.22. The highest BCUT2D eigenvalue weighted by molar-refractivity contribution is 6.01. The Hall–Kier alpha value is -0.800. The molecule has 0 aliphatic heterocycles. The highest BCUT2D eigenvalue weighted by Gasteiger charge is 2.50. The summed E-state index contributed by atoms with van der Waals surface area (Å²) in [4.78, 5) is 11.3. The van der Waals surface area contributed by atoms with Gasteiger partial charge in [-0.1, -0.05) is 5.57 Å². The van der Waals surface area contributed by atoms with Crippen molar-refractivity contribution in [2.24, 2.45) is 5.92 Å². The molecule has 2 aliphatic rings. The molecule has 72 valence electrons. The normalized spacial score (nSPS) is 28.5. The highest BCUT2D eigenvalue weighted by Crippen LogP contribution is 2.45. The molecule has 1 atom stereocenters. The first-order valence-electron chi connectivity index (χ1n) is 4.32. The second-order valence-electron chi connectivity index (χ2n) is 3.60. The van der Waals surface area contributed by atoms with Crippen LogP contribution in [0.1, 0.15) is 25.7 Å². The molecule has 13 heavy (non-hydrogen) atoms. The van der Waals surface area contributed by atoms with Gasteiger partial charge < -0.3 is 0 Å². The van der Waals surface area contributed by atoms with Crippen LogP contribution in [0, 0.1) is 5.92 Å². The van der Waals surface area contributed by atoms with Gasteiger partial charge in [0.25, 0.3) is 0 Å². The number of carbonyl (C=O) groups excluding carboxylic acids is 1. The molecule has 0 fully saturated rings. The number of rotatable bonds is 0. The molecule has 2 aliphatic carbocycles. The third-order valence-corrected chi connectivity index (χ3v) is 2.79. The SMILES string of the molecule is O=C1C2=C(CCC2)CC1C(F)(F)F. The van der Waals surface area contributed by atoms with Gasteiger partial charge in [0.05, 0.1) is 0 Å². The number of halogens is 3. The maximum absolute atomic E-state index is 12.3. The molecule has 0 aromatic rings. The topological polar surface area (TPSA) is 17.1 Å². The molecule has 0 spiro atoms. The van der Waals surface area contributed by atoms with E-state index in [-0.39, 0.29) is 6.42 Å². The summed E-state index contributed by atoms with van der Waals surface area (Å²) in [5.74, 6) is -2.39. The maximum Gasteiger partial charge on any atom is 0.399 e. The van der Waals surface area contributed by atoms with Crippen molar-refractivity contribution in [3.63, 3.8) is 0 Å². The molecule has 0 saturated heterocycles. The molecule has 0 radical (unpaired) electrons. The second-order valence-corrected chi connectivity index (χ2v) is 3.60. The number of hydrogen-bond acceptors (Lipinski definition) is 1.